The SMILES string of the molecule is CCSc1cccnc1-c1nnc(-c2ccc(C)cn2)s1. The molecule has 0 aliphatic rings. The van der Waals surface area contributed by atoms with Crippen LogP contribution < -0.4 is 0 Å². The Morgan fingerprint density at radius 1 is 1.10 bits per heavy atom. The van der Waals surface area contributed by atoms with Gasteiger partial charge in [0.15, 0.2) is 10.0 Å². The van der Waals surface area contributed by atoms with Gasteiger partial charge in [-0.15, -0.1) is 22.0 Å². The Morgan fingerprint density at radius 2 is 1.95 bits per heavy atom. The summed E-state index contributed by atoms with van der Waals surface area (Å²) in [4.78, 5) is 9.99. The third-order valence-corrected chi connectivity index (χ3v) is 4.71. The van der Waals surface area contributed by atoms with Crippen LogP contribution in [0, 0.1) is 6.92 Å². The fourth-order valence-electron chi connectivity index (χ4n) is 1.84. The zero-order valence-electron chi connectivity index (χ0n) is 11.8. The summed E-state index contributed by atoms with van der Waals surface area (Å²) in [6.07, 6.45) is 3.63. The topological polar surface area (TPSA) is 51.6 Å². The molecule has 0 atom stereocenters. The van der Waals surface area contributed by atoms with Crippen molar-refractivity contribution in [3.8, 4) is 21.4 Å². The van der Waals surface area contributed by atoms with E-state index in [1.54, 1.807) is 18.0 Å². The molecular formula is C15H14N4S2. The second kappa shape index (κ2) is 6.32. The van der Waals surface area contributed by atoms with E-state index in [0.717, 1.165) is 37.6 Å². The molecule has 0 saturated heterocycles. The van der Waals surface area contributed by atoms with Crippen molar-refractivity contribution < 1.29 is 0 Å². The number of thioether (sulfide) groups is 1. The molecule has 0 amide bonds. The van der Waals surface area contributed by atoms with Crippen LogP contribution in [-0.4, -0.2) is 25.9 Å². The van der Waals surface area contributed by atoms with Gasteiger partial charge in [-0.1, -0.05) is 24.3 Å². The van der Waals surface area contributed by atoms with Gasteiger partial charge in [-0.25, -0.2) is 0 Å². The molecule has 0 aromatic carbocycles. The van der Waals surface area contributed by atoms with Crippen LogP contribution in [0.5, 0.6) is 0 Å². The van der Waals surface area contributed by atoms with Gasteiger partial charge in [0.05, 0.1) is 0 Å². The standard InChI is InChI=1S/C15H14N4S2/c1-3-20-12-5-4-8-16-13(12)15-19-18-14(21-15)11-7-6-10(2)9-17-11/h4-9H,3H2,1-2H3. The number of aryl methyl sites for hydroxylation is 1. The van der Waals surface area contributed by atoms with E-state index in [2.05, 4.69) is 33.2 Å². The normalized spacial score (nSPS) is 10.8. The zero-order valence-corrected chi connectivity index (χ0v) is 13.4. The van der Waals surface area contributed by atoms with Crippen molar-refractivity contribution in [2.24, 2.45) is 0 Å². The fraction of sp³-hybridized carbons (Fsp3) is 0.200. The van der Waals surface area contributed by atoms with Crippen LogP contribution in [0.3, 0.4) is 0 Å². The van der Waals surface area contributed by atoms with E-state index >= 15 is 0 Å². The van der Waals surface area contributed by atoms with Crippen LogP contribution >= 0.6 is 23.1 Å². The molecule has 21 heavy (non-hydrogen) atoms. The van der Waals surface area contributed by atoms with Crippen molar-refractivity contribution in [1.82, 2.24) is 20.2 Å². The Morgan fingerprint density at radius 3 is 2.71 bits per heavy atom. The third kappa shape index (κ3) is 3.11. The third-order valence-electron chi connectivity index (χ3n) is 2.83. The average molecular weight is 314 g/mol. The lowest BCUT2D eigenvalue weighted by molar-refractivity contribution is 1.07. The highest BCUT2D eigenvalue weighted by Gasteiger charge is 2.13. The van der Waals surface area contributed by atoms with Gasteiger partial charge in [0, 0.05) is 17.3 Å². The first-order chi connectivity index (χ1) is 10.3. The van der Waals surface area contributed by atoms with E-state index in [9.17, 15) is 0 Å². The van der Waals surface area contributed by atoms with Gasteiger partial charge < -0.3 is 0 Å². The summed E-state index contributed by atoms with van der Waals surface area (Å²) in [5.74, 6) is 1.00. The first kappa shape index (κ1) is 14.2. The van der Waals surface area contributed by atoms with Crippen LogP contribution in [0.25, 0.3) is 21.4 Å². The van der Waals surface area contributed by atoms with E-state index in [-0.39, 0.29) is 0 Å². The number of pyridine rings is 2. The Bertz CT molecular complexity index is 737. The van der Waals surface area contributed by atoms with Crippen molar-refractivity contribution in [1.29, 1.82) is 0 Å². The molecular weight excluding hydrogens is 300 g/mol. The van der Waals surface area contributed by atoms with Gasteiger partial charge in [-0.05, 0) is 36.4 Å². The van der Waals surface area contributed by atoms with E-state index in [1.807, 2.05) is 31.3 Å². The monoisotopic (exact) mass is 314 g/mol. The van der Waals surface area contributed by atoms with Gasteiger partial charge in [0.1, 0.15) is 11.4 Å². The lowest BCUT2D eigenvalue weighted by Crippen LogP contribution is -1.86. The molecule has 106 valence electrons. The first-order valence-corrected chi connectivity index (χ1v) is 8.43. The number of nitrogens with zero attached hydrogens (tertiary/aromatic N) is 4. The molecule has 0 aliphatic heterocycles. The summed E-state index contributed by atoms with van der Waals surface area (Å²) < 4.78 is 0. The van der Waals surface area contributed by atoms with Gasteiger partial charge in [0.2, 0.25) is 0 Å². The molecule has 4 nitrogen and oxygen atoms in total. The Kier molecular flexibility index (Phi) is 4.26. The molecule has 0 spiro atoms. The highest BCUT2D eigenvalue weighted by atomic mass is 32.2. The van der Waals surface area contributed by atoms with E-state index in [4.69, 9.17) is 0 Å². The molecule has 3 heterocycles. The maximum Gasteiger partial charge on any atom is 0.167 e. The van der Waals surface area contributed by atoms with E-state index in [0.29, 0.717) is 0 Å². The minimum atomic E-state index is 0.822. The predicted octanol–water partition coefficient (Wildman–Crippen LogP) is 4.08. The number of hydrogen-bond donors (Lipinski definition) is 0. The number of aromatic nitrogens is 4. The molecule has 0 saturated carbocycles. The molecule has 3 rings (SSSR count). The lowest BCUT2D eigenvalue weighted by Gasteiger charge is -2.02. The minimum absolute atomic E-state index is 0.822. The highest BCUT2D eigenvalue weighted by Crippen LogP contribution is 2.33. The van der Waals surface area contributed by atoms with Crippen molar-refractivity contribution >= 4 is 23.1 Å². The van der Waals surface area contributed by atoms with Crippen molar-refractivity contribution in [3.05, 3.63) is 42.2 Å². The second-order valence-corrected chi connectivity index (χ2v) is 6.70. The van der Waals surface area contributed by atoms with Gasteiger partial charge in [0.25, 0.3) is 0 Å². The zero-order chi connectivity index (χ0) is 14.7. The first-order valence-electron chi connectivity index (χ1n) is 6.62. The smallest absolute Gasteiger partial charge is 0.167 e. The van der Waals surface area contributed by atoms with Crippen molar-refractivity contribution in [2.75, 3.05) is 5.75 Å². The summed E-state index contributed by atoms with van der Waals surface area (Å²) in [6.45, 7) is 4.15. The minimum Gasteiger partial charge on any atom is -0.253 e. The van der Waals surface area contributed by atoms with E-state index < -0.39 is 0 Å². The maximum absolute atomic E-state index is 4.46. The largest absolute Gasteiger partial charge is 0.253 e. The molecule has 0 unspecified atom stereocenters. The summed E-state index contributed by atoms with van der Waals surface area (Å²) >= 11 is 3.29. The summed E-state index contributed by atoms with van der Waals surface area (Å²) in [5.41, 5.74) is 2.89. The predicted molar refractivity (Wildman–Crippen MR) is 87.5 cm³/mol. The van der Waals surface area contributed by atoms with Gasteiger partial charge in [-0.3, -0.25) is 9.97 Å². The Balaban J connectivity index is 1.97. The summed E-state index contributed by atoms with van der Waals surface area (Å²) in [5, 5.41) is 10.2. The van der Waals surface area contributed by atoms with Crippen LogP contribution in [0.15, 0.2) is 41.6 Å². The fourth-order valence-corrected chi connectivity index (χ4v) is 3.51. The molecule has 0 fully saturated rings. The molecule has 0 radical (unpaired) electrons. The van der Waals surface area contributed by atoms with Crippen molar-refractivity contribution in [2.45, 2.75) is 18.7 Å². The van der Waals surface area contributed by atoms with Gasteiger partial charge in [-0.2, -0.15) is 0 Å². The number of hydrogen-bond acceptors (Lipinski definition) is 6. The molecule has 0 N–H and O–H groups in total. The Labute approximate surface area is 131 Å². The average Bonchev–Trinajstić information content (AvgIpc) is 2.99. The molecule has 0 aliphatic carbocycles. The van der Waals surface area contributed by atoms with Crippen molar-refractivity contribution in [3.63, 3.8) is 0 Å². The second-order valence-electron chi connectivity index (χ2n) is 4.42. The number of rotatable bonds is 4. The van der Waals surface area contributed by atoms with E-state index in [1.165, 1.54) is 11.3 Å². The molecule has 6 heteroatoms. The summed E-state index contributed by atoms with van der Waals surface area (Å²) in [6, 6.07) is 8.02. The quantitative estimate of drug-likeness (QED) is 0.679. The van der Waals surface area contributed by atoms with Crippen LogP contribution in [0.4, 0.5) is 0 Å². The maximum atomic E-state index is 4.46. The molecule has 3 aromatic heterocycles. The summed E-state index contributed by atoms with van der Waals surface area (Å²) in [7, 11) is 0. The highest BCUT2D eigenvalue weighted by molar-refractivity contribution is 7.99. The van der Waals surface area contributed by atoms with Crippen LogP contribution in [0.2, 0.25) is 0 Å². The van der Waals surface area contributed by atoms with Gasteiger partial charge >= 0.3 is 0 Å². The molecule has 3 aromatic rings. The van der Waals surface area contributed by atoms with Crippen LogP contribution in [-0.2, 0) is 0 Å². The lowest BCUT2D eigenvalue weighted by atomic mass is 10.3. The molecule has 0 bridgehead atoms. The Hall–Kier alpha value is -1.79. The van der Waals surface area contributed by atoms with Crippen LogP contribution in [0.1, 0.15) is 12.5 Å².